The summed E-state index contributed by atoms with van der Waals surface area (Å²) in [6.45, 7) is 2.15. The standard InChI is InChI=1S/C6H10FNO/c7-5-4-3-9-2-1-8-6(4)5/h4-6,8H,1-3H2/t4?,5-,6-/m0/s1. The average molecular weight is 131 g/mol. The van der Waals surface area contributed by atoms with Crippen LogP contribution in [0.15, 0.2) is 0 Å². The van der Waals surface area contributed by atoms with Crippen LogP contribution in [0.2, 0.25) is 0 Å². The highest BCUT2D eigenvalue weighted by molar-refractivity contribution is 5.04. The van der Waals surface area contributed by atoms with Gasteiger partial charge in [-0.15, -0.1) is 0 Å². The average Bonchev–Trinajstić information content (AvgIpc) is 2.51. The molecule has 9 heavy (non-hydrogen) atoms. The van der Waals surface area contributed by atoms with Crippen LogP contribution in [0.5, 0.6) is 0 Å². The molecule has 1 aliphatic carbocycles. The molecule has 2 nitrogen and oxygen atoms in total. The zero-order valence-corrected chi connectivity index (χ0v) is 5.14. The number of hydrogen-bond donors (Lipinski definition) is 1. The third kappa shape index (κ3) is 0.843. The minimum absolute atomic E-state index is 0.118. The van der Waals surface area contributed by atoms with Gasteiger partial charge in [-0.2, -0.15) is 0 Å². The van der Waals surface area contributed by atoms with Gasteiger partial charge in [0.05, 0.1) is 13.2 Å². The summed E-state index contributed by atoms with van der Waals surface area (Å²) in [6.07, 6.45) is -0.634. The predicted molar refractivity (Wildman–Crippen MR) is 31.0 cm³/mol. The first-order valence-electron chi connectivity index (χ1n) is 3.35. The Morgan fingerprint density at radius 2 is 2.44 bits per heavy atom. The smallest absolute Gasteiger partial charge is 0.122 e. The van der Waals surface area contributed by atoms with E-state index in [1.807, 2.05) is 0 Å². The summed E-state index contributed by atoms with van der Waals surface area (Å²) in [5.41, 5.74) is 0. The Bertz CT molecular complexity index is 108. The largest absolute Gasteiger partial charge is 0.380 e. The first kappa shape index (κ1) is 5.62. The molecule has 52 valence electrons. The van der Waals surface area contributed by atoms with Crippen LogP contribution in [0, 0.1) is 5.92 Å². The van der Waals surface area contributed by atoms with Gasteiger partial charge in [-0.1, -0.05) is 0 Å². The van der Waals surface area contributed by atoms with Crippen LogP contribution in [0.3, 0.4) is 0 Å². The van der Waals surface area contributed by atoms with E-state index in [9.17, 15) is 4.39 Å². The first-order valence-corrected chi connectivity index (χ1v) is 3.35. The molecule has 1 heterocycles. The van der Waals surface area contributed by atoms with E-state index in [0.29, 0.717) is 6.61 Å². The van der Waals surface area contributed by atoms with E-state index < -0.39 is 6.17 Å². The molecule has 0 spiro atoms. The van der Waals surface area contributed by atoms with Crippen molar-refractivity contribution in [2.75, 3.05) is 19.8 Å². The van der Waals surface area contributed by atoms with Crippen molar-refractivity contribution in [1.82, 2.24) is 5.32 Å². The van der Waals surface area contributed by atoms with E-state index in [0.717, 1.165) is 13.2 Å². The Labute approximate surface area is 53.4 Å². The van der Waals surface area contributed by atoms with Gasteiger partial charge in [0.15, 0.2) is 0 Å². The first-order chi connectivity index (χ1) is 4.39. The second-order valence-corrected chi connectivity index (χ2v) is 2.66. The Kier molecular flexibility index (Phi) is 1.20. The molecule has 2 aliphatic rings. The van der Waals surface area contributed by atoms with Gasteiger partial charge in [0, 0.05) is 18.5 Å². The number of alkyl halides is 1. The lowest BCUT2D eigenvalue weighted by Gasteiger charge is -1.98. The minimum Gasteiger partial charge on any atom is -0.380 e. The van der Waals surface area contributed by atoms with E-state index in [4.69, 9.17) is 4.74 Å². The van der Waals surface area contributed by atoms with Crippen molar-refractivity contribution in [1.29, 1.82) is 0 Å². The van der Waals surface area contributed by atoms with Crippen LogP contribution in [-0.2, 0) is 4.74 Å². The highest BCUT2D eigenvalue weighted by Crippen LogP contribution is 2.35. The Balaban J connectivity index is 1.93. The Hall–Kier alpha value is -0.150. The van der Waals surface area contributed by atoms with Crippen LogP contribution >= 0.6 is 0 Å². The fourth-order valence-electron chi connectivity index (χ4n) is 1.31. The molecule has 3 atom stereocenters. The number of fused-ring (bicyclic) bond motifs is 1. The second-order valence-electron chi connectivity index (χ2n) is 2.66. The van der Waals surface area contributed by atoms with Gasteiger partial charge in [-0.3, -0.25) is 0 Å². The summed E-state index contributed by atoms with van der Waals surface area (Å²) in [5.74, 6) is 0.160. The van der Waals surface area contributed by atoms with Gasteiger partial charge < -0.3 is 10.1 Å². The molecule has 1 N–H and O–H groups in total. The fourth-order valence-corrected chi connectivity index (χ4v) is 1.31. The van der Waals surface area contributed by atoms with Crippen molar-refractivity contribution in [3.05, 3.63) is 0 Å². The zero-order chi connectivity index (χ0) is 6.27. The van der Waals surface area contributed by atoms with Gasteiger partial charge in [-0.05, 0) is 0 Å². The lowest BCUT2D eigenvalue weighted by atomic mass is 10.4. The summed E-state index contributed by atoms with van der Waals surface area (Å²) in [7, 11) is 0. The molecule has 0 aromatic heterocycles. The fraction of sp³-hybridized carbons (Fsp3) is 1.00. The van der Waals surface area contributed by atoms with E-state index in [-0.39, 0.29) is 12.0 Å². The SMILES string of the molecule is F[C@H]1C2COCCN[C@@H]21. The number of nitrogens with one attached hydrogen (secondary N) is 1. The van der Waals surface area contributed by atoms with E-state index in [1.165, 1.54) is 0 Å². The van der Waals surface area contributed by atoms with Crippen LogP contribution in [-0.4, -0.2) is 32.0 Å². The van der Waals surface area contributed by atoms with Crippen LogP contribution in [0.1, 0.15) is 0 Å². The Morgan fingerprint density at radius 1 is 1.56 bits per heavy atom. The molecule has 0 aromatic rings. The van der Waals surface area contributed by atoms with Crippen molar-refractivity contribution in [3.63, 3.8) is 0 Å². The molecule has 1 unspecified atom stereocenters. The summed E-state index contributed by atoms with van der Waals surface area (Å²) in [6, 6.07) is 0.118. The normalized spacial score (nSPS) is 49.7. The lowest BCUT2D eigenvalue weighted by molar-refractivity contribution is 0.129. The highest BCUT2D eigenvalue weighted by Gasteiger charge is 2.51. The maximum Gasteiger partial charge on any atom is 0.122 e. The zero-order valence-electron chi connectivity index (χ0n) is 5.14. The number of hydrogen-bond acceptors (Lipinski definition) is 2. The molecule has 3 heteroatoms. The molecule has 0 bridgehead atoms. The van der Waals surface area contributed by atoms with Crippen molar-refractivity contribution >= 4 is 0 Å². The molecule has 0 radical (unpaired) electrons. The molecule has 1 saturated carbocycles. The van der Waals surface area contributed by atoms with Gasteiger partial charge >= 0.3 is 0 Å². The minimum atomic E-state index is -0.634. The third-order valence-corrected chi connectivity index (χ3v) is 2.01. The summed E-state index contributed by atoms with van der Waals surface area (Å²) < 4.78 is 17.6. The topological polar surface area (TPSA) is 21.3 Å². The molecule has 1 aliphatic heterocycles. The molecule has 1 saturated heterocycles. The molecule has 0 aromatic carbocycles. The summed E-state index contributed by atoms with van der Waals surface area (Å²) >= 11 is 0. The quantitative estimate of drug-likeness (QED) is 0.497. The van der Waals surface area contributed by atoms with Crippen LogP contribution < -0.4 is 5.32 Å². The summed E-state index contributed by atoms with van der Waals surface area (Å²) in [5, 5.41) is 3.07. The lowest BCUT2D eigenvalue weighted by Crippen LogP contribution is -2.21. The van der Waals surface area contributed by atoms with E-state index in [2.05, 4.69) is 5.32 Å². The Morgan fingerprint density at radius 3 is 3.33 bits per heavy atom. The highest BCUT2D eigenvalue weighted by atomic mass is 19.1. The van der Waals surface area contributed by atoms with Gasteiger partial charge in [0.2, 0.25) is 0 Å². The van der Waals surface area contributed by atoms with E-state index in [1.54, 1.807) is 0 Å². The second kappa shape index (κ2) is 1.92. The van der Waals surface area contributed by atoms with Crippen LogP contribution in [0.4, 0.5) is 4.39 Å². The molecular weight excluding hydrogens is 121 g/mol. The third-order valence-electron chi connectivity index (χ3n) is 2.01. The van der Waals surface area contributed by atoms with Crippen molar-refractivity contribution in [2.45, 2.75) is 12.2 Å². The van der Waals surface area contributed by atoms with Gasteiger partial charge in [0.25, 0.3) is 0 Å². The van der Waals surface area contributed by atoms with Gasteiger partial charge in [-0.25, -0.2) is 4.39 Å². The number of rotatable bonds is 0. The van der Waals surface area contributed by atoms with Crippen LogP contribution in [0.25, 0.3) is 0 Å². The molecular formula is C6H10FNO. The number of ether oxygens (including phenoxy) is 1. The molecule has 0 amide bonds. The van der Waals surface area contributed by atoms with Crippen molar-refractivity contribution in [3.8, 4) is 0 Å². The summed E-state index contributed by atoms with van der Waals surface area (Å²) in [4.78, 5) is 0. The maximum absolute atomic E-state index is 12.5. The molecule has 2 fully saturated rings. The van der Waals surface area contributed by atoms with E-state index >= 15 is 0 Å². The molecule has 2 rings (SSSR count). The predicted octanol–water partition coefficient (Wildman–Crippen LogP) is -0.0573. The monoisotopic (exact) mass is 131 g/mol. The van der Waals surface area contributed by atoms with Gasteiger partial charge in [0.1, 0.15) is 6.17 Å². The maximum atomic E-state index is 12.5. The van der Waals surface area contributed by atoms with Crippen molar-refractivity contribution in [2.24, 2.45) is 5.92 Å². The number of halogens is 1. The van der Waals surface area contributed by atoms with Crippen molar-refractivity contribution < 1.29 is 9.13 Å².